The molecule has 0 fully saturated rings. The molecule has 2 heterocycles. The average Bonchev–Trinajstić information content (AvgIpc) is 2.76. The molecule has 0 spiro atoms. The number of H-pyrrole nitrogens is 1. The number of hydrogen-bond donors (Lipinski definition) is 2. The van der Waals surface area contributed by atoms with Crippen LogP contribution >= 0.6 is 0 Å². The number of pyridine rings is 1. The summed E-state index contributed by atoms with van der Waals surface area (Å²) >= 11 is 0. The van der Waals surface area contributed by atoms with E-state index in [9.17, 15) is 14.0 Å². The van der Waals surface area contributed by atoms with Crippen LogP contribution in [0.15, 0.2) is 47.4 Å². The zero-order chi connectivity index (χ0) is 16.7. The lowest BCUT2D eigenvalue weighted by Gasteiger charge is -2.10. The maximum atomic E-state index is 13.7. The van der Waals surface area contributed by atoms with Gasteiger partial charge in [-0.3, -0.25) is 9.59 Å². The third-order valence-electron chi connectivity index (χ3n) is 4.04. The summed E-state index contributed by atoms with van der Waals surface area (Å²) in [5.74, 6) is -0.136. The van der Waals surface area contributed by atoms with Gasteiger partial charge in [0.2, 0.25) is 0 Å². The van der Waals surface area contributed by atoms with Crippen molar-refractivity contribution in [2.75, 3.05) is 13.2 Å². The van der Waals surface area contributed by atoms with Gasteiger partial charge < -0.3 is 15.0 Å². The predicted octanol–water partition coefficient (Wildman–Crippen LogP) is 2.46. The third kappa shape index (κ3) is 2.32. The molecule has 2 N–H and O–H groups in total. The van der Waals surface area contributed by atoms with Crippen LogP contribution in [-0.4, -0.2) is 24.0 Å². The highest BCUT2D eigenvalue weighted by Gasteiger charge is 2.18. The van der Waals surface area contributed by atoms with Crippen LogP contribution in [0.5, 0.6) is 5.75 Å². The van der Waals surface area contributed by atoms with Crippen molar-refractivity contribution in [1.82, 2.24) is 10.3 Å². The number of amides is 1. The molecule has 5 nitrogen and oxygen atoms in total. The summed E-state index contributed by atoms with van der Waals surface area (Å²) < 4.78 is 19.2. The third-order valence-corrected chi connectivity index (χ3v) is 4.04. The Bertz CT molecular complexity index is 1030. The number of nitrogens with one attached hydrogen (secondary N) is 2. The molecule has 0 saturated heterocycles. The van der Waals surface area contributed by atoms with Gasteiger partial charge in [0, 0.05) is 17.1 Å². The van der Waals surface area contributed by atoms with E-state index in [1.165, 1.54) is 24.4 Å². The standard InChI is InChI=1S/C18H13FN2O3/c19-11-2-3-12-13(8-11)15(9-21-17(12)22)10-1-4-16-14(7-10)18(23)20-5-6-24-16/h1-4,7-9H,5-6H2,(H,20,23)(H,21,22). The van der Waals surface area contributed by atoms with Crippen LogP contribution in [0, 0.1) is 5.82 Å². The van der Waals surface area contributed by atoms with E-state index in [1.807, 2.05) is 0 Å². The van der Waals surface area contributed by atoms with Crippen LogP contribution in [0.4, 0.5) is 4.39 Å². The second kappa shape index (κ2) is 5.49. The van der Waals surface area contributed by atoms with Crippen molar-refractivity contribution >= 4 is 16.7 Å². The molecule has 0 saturated carbocycles. The molecule has 1 aromatic heterocycles. The fraction of sp³-hybridized carbons (Fsp3) is 0.111. The highest BCUT2D eigenvalue weighted by atomic mass is 19.1. The largest absolute Gasteiger partial charge is 0.491 e. The molecule has 24 heavy (non-hydrogen) atoms. The van der Waals surface area contributed by atoms with E-state index in [1.54, 1.807) is 18.2 Å². The van der Waals surface area contributed by atoms with Crippen LogP contribution in [0.3, 0.4) is 0 Å². The van der Waals surface area contributed by atoms with Gasteiger partial charge in [-0.15, -0.1) is 0 Å². The Morgan fingerprint density at radius 3 is 2.75 bits per heavy atom. The SMILES string of the molecule is O=C1NCCOc2ccc(-c3c[nH]c(=O)c4ccc(F)cc34)cc21. The van der Waals surface area contributed by atoms with Gasteiger partial charge in [-0.25, -0.2) is 4.39 Å². The molecule has 1 aliphatic heterocycles. The Labute approximate surface area is 136 Å². The minimum Gasteiger partial charge on any atom is -0.491 e. The molecule has 3 aromatic rings. The van der Waals surface area contributed by atoms with Crippen LogP contribution in [-0.2, 0) is 0 Å². The lowest BCUT2D eigenvalue weighted by molar-refractivity contribution is 0.0957. The summed E-state index contributed by atoms with van der Waals surface area (Å²) in [6.07, 6.45) is 1.53. The van der Waals surface area contributed by atoms with Crippen molar-refractivity contribution < 1.29 is 13.9 Å². The number of ether oxygens (including phenoxy) is 1. The maximum Gasteiger partial charge on any atom is 0.255 e. The molecule has 0 aliphatic carbocycles. The molecule has 1 aliphatic rings. The van der Waals surface area contributed by atoms with E-state index in [2.05, 4.69) is 10.3 Å². The minimum absolute atomic E-state index is 0.218. The molecular formula is C18H13FN2O3. The quantitative estimate of drug-likeness (QED) is 0.722. The highest BCUT2D eigenvalue weighted by molar-refractivity contribution is 6.01. The van der Waals surface area contributed by atoms with Crippen LogP contribution in [0.1, 0.15) is 10.4 Å². The van der Waals surface area contributed by atoms with Crippen molar-refractivity contribution in [1.29, 1.82) is 0 Å². The van der Waals surface area contributed by atoms with E-state index in [4.69, 9.17) is 4.74 Å². The zero-order valence-electron chi connectivity index (χ0n) is 12.6. The van der Waals surface area contributed by atoms with Crippen LogP contribution in [0.2, 0.25) is 0 Å². The van der Waals surface area contributed by atoms with Crippen molar-refractivity contribution in [3.05, 3.63) is 64.3 Å². The molecule has 0 bridgehead atoms. The van der Waals surface area contributed by atoms with Gasteiger partial charge in [-0.2, -0.15) is 0 Å². The van der Waals surface area contributed by atoms with Gasteiger partial charge in [-0.05, 0) is 41.3 Å². The number of aromatic amines is 1. The number of hydrogen-bond acceptors (Lipinski definition) is 3. The Morgan fingerprint density at radius 1 is 1.00 bits per heavy atom. The lowest BCUT2D eigenvalue weighted by atomic mass is 9.98. The Kier molecular flexibility index (Phi) is 3.30. The number of benzene rings is 2. The fourth-order valence-corrected chi connectivity index (χ4v) is 2.89. The van der Waals surface area contributed by atoms with Gasteiger partial charge in [0.25, 0.3) is 11.5 Å². The topological polar surface area (TPSA) is 71.2 Å². The molecule has 6 heteroatoms. The molecule has 4 rings (SSSR count). The zero-order valence-corrected chi connectivity index (χ0v) is 12.6. The smallest absolute Gasteiger partial charge is 0.255 e. The molecule has 1 amide bonds. The molecule has 0 radical (unpaired) electrons. The fourth-order valence-electron chi connectivity index (χ4n) is 2.89. The second-order valence-electron chi connectivity index (χ2n) is 5.54. The lowest BCUT2D eigenvalue weighted by Crippen LogP contribution is -2.24. The summed E-state index contributed by atoms with van der Waals surface area (Å²) in [5, 5.41) is 3.64. The second-order valence-corrected chi connectivity index (χ2v) is 5.54. The first kappa shape index (κ1) is 14.4. The predicted molar refractivity (Wildman–Crippen MR) is 87.8 cm³/mol. The molecule has 2 aromatic carbocycles. The van der Waals surface area contributed by atoms with Gasteiger partial charge in [0.1, 0.15) is 18.2 Å². The first-order valence-electron chi connectivity index (χ1n) is 7.50. The van der Waals surface area contributed by atoms with Crippen LogP contribution < -0.4 is 15.6 Å². The number of fused-ring (bicyclic) bond motifs is 2. The van der Waals surface area contributed by atoms with E-state index >= 15 is 0 Å². The Balaban J connectivity index is 1.96. The van der Waals surface area contributed by atoms with Crippen molar-refractivity contribution in [3.8, 4) is 16.9 Å². The molecule has 120 valence electrons. The monoisotopic (exact) mass is 324 g/mol. The summed E-state index contributed by atoms with van der Waals surface area (Å²) in [5.41, 5.74) is 1.47. The molecule has 0 atom stereocenters. The van der Waals surface area contributed by atoms with E-state index in [0.717, 1.165) is 0 Å². The normalized spacial score (nSPS) is 13.8. The van der Waals surface area contributed by atoms with Crippen molar-refractivity contribution in [2.45, 2.75) is 0 Å². The Hall–Kier alpha value is -3.15. The maximum absolute atomic E-state index is 13.7. The van der Waals surface area contributed by atoms with Crippen molar-refractivity contribution in [2.24, 2.45) is 0 Å². The number of aromatic nitrogens is 1. The summed E-state index contributed by atoms with van der Waals surface area (Å²) in [6, 6.07) is 9.21. The summed E-state index contributed by atoms with van der Waals surface area (Å²) in [4.78, 5) is 26.7. The number of carbonyl (C=O) groups excluding carboxylic acids is 1. The Morgan fingerprint density at radius 2 is 1.88 bits per heavy atom. The summed E-state index contributed by atoms with van der Waals surface area (Å²) in [7, 11) is 0. The highest BCUT2D eigenvalue weighted by Crippen LogP contribution is 2.31. The number of halogens is 1. The number of carbonyl (C=O) groups is 1. The average molecular weight is 324 g/mol. The first-order chi connectivity index (χ1) is 11.6. The van der Waals surface area contributed by atoms with E-state index in [-0.39, 0.29) is 11.5 Å². The molecule has 0 unspecified atom stereocenters. The van der Waals surface area contributed by atoms with E-state index in [0.29, 0.717) is 46.4 Å². The number of rotatable bonds is 1. The minimum atomic E-state index is -0.426. The molecular weight excluding hydrogens is 311 g/mol. The van der Waals surface area contributed by atoms with Gasteiger partial charge in [0.15, 0.2) is 0 Å². The van der Waals surface area contributed by atoms with Gasteiger partial charge in [0.05, 0.1) is 12.1 Å². The summed E-state index contributed by atoms with van der Waals surface area (Å²) in [6.45, 7) is 0.848. The van der Waals surface area contributed by atoms with Gasteiger partial charge >= 0.3 is 0 Å². The van der Waals surface area contributed by atoms with Crippen molar-refractivity contribution in [3.63, 3.8) is 0 Å². The first-order valence-corrected chi connectivity index (χ1v) is 7.50. The van der Waals surface area contributed by atoms with Gasteiger partial charge in [-0.1, -0.05) is 6.07 Å². The van der Waals surface area contributed by atoms with Crippen LogP contribution in [0.25, 0.3) is 21.9 Å². The van der Waals surface area contributed by atoms with E-state index < -0.39 is 5.82 Å².